The van der Waals surface area contributed by atoms with Crippen LogP contribution in [0.2, 0.25) is 0 Å². The molecule has 0 N–H and O–H groups in total. The van der Waals surface area contributed by atoms with Gasteiger partial charge >= 0.3 is 76.3 Å². The minimum atomic E-state index is -0.750. The smallest absolute Gasteiger partial charge is 0.872 e. The van der Waals surface area contributed by atoms with E-state index < -0.39 is 8.59 Å². The molecule has 0 atom stereocenters. The average molecular weight is 2060 g/mol. The van der Waals surface area contributed by atoms with Gasteiger partial charge in [-0.05, 0) is 82.0 Å². The molecule has 14 rings (SSSR count). The summed E-state index contributed by atoms with van der Waals surface area (Å²) < 4.78 is -1.50. The second-order valence-electron chi connectivity index (χ2n) is 24.3. The largest absolute Gasteiger partial charge is 3.00 e. The first kappa shape index (κ1) is 105. The first-order chi connectivity index (χ1) is 59.1. The summed E-state index contributed by atoms with van der Waals surface area (Å²) in [7, 11) is 0. The molecule has 0 aliphatic heterocycles. The maximum absolute atomic E-state index is 11.8. The Morgan fingerprint density at radius 2 is 0.282 bits per heavy atom. The number of halogens is 6. The fourth-order valence-electron chi connectivity index (χ4n) is 9.77. The third kappa shape index (κ3) is 42.4. The molecule has 0 bridgehead atoms. The molecule has 628 valence electrons. The monoisotopic (exact) mass is 2060 g/mol. The zero-order chi connectivity index (χ0) is 87.9. The quantitative estimate of drug-likeness (QED) is 0.0314. The van der Waals surface area contributed by atoms with E-state index in [-0.39, 0.29) is 146 Å². The summed E-state index contributed by atoms with van der Waals surface area (Å²) >= 11 is 28.8. The van der Waals surface area contributed by atoms with Crippen molar-refractivity contribution < 1.29 is 136 Å². The van der Waals surface area contributed by atoms with E-state index >= 15 is 0 Å². The first-order valence-corrected chi connectivity index (χ1v) is 39.3. The van der Waals surface area contributed by atoms with Crippen LogP contribution in [-0.4, -0.2) is 63.2 Å². The van der Waals surface area contributed by atoms with Gasteiger partial charge in [-0.15, -0.1) is 0 Å². The topological polar surface area (TPSA) is 292 Å². The van der Waals surface area contributed by atoms with E-state index in [9.17, 15) is 59.4 Å². The predicted molar refractivity (Wildman–Crippen MR) is 477 cm³/mol. The molecule has 0 saturated heterocycles. The summed E-state index contributed by atoms with van der Waals surface area (Å²) in [6, 6.07) is 109. The van der Waals surface area contributed by atoms with E-state index in [1.165, 1.54) is 0 Å². The third-order valence-electron chi connectivity index (χ3n) is 15.6. The average Bonchev–Trinajstić information content (AvgIpc) is 0.890. The van der Waals surface area contributed by atoms with Crippen LogP contribution in [0.5, 0.6) is 0 Å². The molecule has 0 spiro atoms. The van der Waals surface area contributed by atoms with Gasteiger partial charge in [-0.3, -0.25) is 28.8 Å². The van der Waals surface area contributed by atoms with Crippen molar-refractivity contribution in [1.29, 1.82) is 0 Å². The summed E-state index contributed by atoms with van der Waals surface area (Å²) in [6.07, 6.45) is 13.4. The molecule has 12 aromatic carbocycles. The Hall–Kier alpha value is -11.7. The minimum Gasteiger partial charge on any atom is -0.872 e. The van der Waals surface area contributed by atoms with Gasteiger partial charge in [0.1, 0.15) is 0 Å². The van der Waals surface area contributed by atoms with Gasteiger partial charge in [0, 0.05) is 58.2 Å². The van der Waals surface area contributed by atoms with Crippen LogP contribution >= 0.6 is 69.6 Å². The standard InChI is InChI=1S/6C15H12O2.C8H6N4.2CHCl3.2Dy/c6*16-14(12-7-3-1-4-8-12)11-15(17)13-9-5-2-6-10-13;1-3-9-7(10-4-1)8-11-5-2-6-12-8;2*2-1(3)4;;/h6*1-11,16H;1-6H;2*1H;;/q;;;;;;;;;2*+3/p-6/b6*14-11-;;;;;. The molecule has 0 amide bonds. The van der Waals surface area contributed by atoms with Crippen molar-refractivity contribution in [1.82, 2.24) is 19.9 Å². The maximum atomic E-state index is 11.8. The van der Waals surface area contributed by atoms with Crippen LogP contribution in [0.1, 0.15) is 95.5 Å². The normalized spacial score (nSPS) is 10.7. The first-order valence-electron chi connectivity index (χ1n) is 36.7. The van der Waals surface area contributed by atoms with Crippen LogP contribution in [0, 0.1) is 76.3 Å². The van der Waals surface area contributed by atoms with Crippen LogP contribution in [-0.2, 0) is 0 Å². The third-order valence-corrected chi connectivity index (χ3v) is 15.6. The van der Waals surface area contributed by atoms with Gasteiger partial charge in [0.2, 0.25) is 0 Å². The molecule has 16 nitrogen and oxygen atoms in total. The fraction of sp³-hybridized carbons (Fsp3) is 0.0200. The van der Waals surface area contributed by atoms with E-state index in [0.29, 0.717) is 78.4 Å². The van der Waals surface area contributed by atoms with Crippen molar-refractivity contribution in [2.24, 2.45) is 0 Å². The van der Waals surface area contributed by atoms with Crippen LogP contribution in [0.4, 0.5) is 0 Å². The molecule has 2 aromatic heterocycles. The number of rotatable bonds is 19. The second-order valence-corrected chi connectivity index (χ2v) is 28.2. The molecule has 0 unspecified atom stereocenters. The molecule has 0 aliphatic rings. The Balaban J connectivity index is 0.000000299. The summed E-state index contributed by atoms with van der Waals surface area (Å²) in [5.74, 6) is -2.07. The fourth-order valence-corrected chi connectivity index (χ4v) is 9.77. The van der Waals surface area contributed by atoms with Gasteiger partial charge in [0.25, 0.3) is 0 Å². The van der Waals surface area contributed by atoms with Crippen molar-refractivity contribution in [3.8, 4) is 11.6 Å². The number of hydrogen-bond acceptors (Lipinski definition) is 16. The molecule has 0 fully saturated rings. The Morgan fingerprint density at radius 3 is 0.387 bits per heavy atom. The van der Waals surface area contributed by atoms with Gasteiger partial charge in [0.15, 0.2) is 54.9 Å². The number of nitrogens with zero attached hydrogens (tertiary/aromatic N) is 4. The van der Waals surface area contributed by atoms with Gasteiger partial charge in [-0.2, -0.15) is 0 Å². The number of alkyl halides is 6. The van der Waals surface area contributed by atoms with Crippen molar-refractivity contribution in [3.63, 3.8) is 0 Å². The molecular weight excluding hydrogens is 1990 g/mol. The molecule has 0 aliphatic carbocycles. The van der Waals surface area contributed by atoms with E-state index in [0.717, 1.165) is 36.5 Å². The molecule has 14 aromatic rings. The summed E-state index contributed by atoms with van der Waals surface area (Å²) in [4.78, 5) is 86.6. The van der Waals surface area contributed by atoms with Crippen molar-refractivity contribution in [3.05, 3.63) is 504 Å². The Bertz CT molecular complexity index is 4780. The van der Waals surface area contributed by atoms with Gasteiger partial charge < -0.3 is 30.6 Å². The zero-order valence-corrected chi connectivity index (χ0v) is 73.9. The van der Waals surface area contributed by atoms with Crippen LogP contribution in [0.15, 0.2) is 437 Å². The van der Waals surface area contributed by atoms with Gasteiger partial charge in [-0.1, -0.05) is 468 Å². The molecule has 0 saturated carbocycles. The van der Waals surface area contributed by atoms with Crippen molar-refractivity contribution in [2.45, 2.75) is 8.59 Å². The van der Waals surface area contributed by atoms with Gasteiger partial charge in [0.05, 0.1) is 0 Å². The van der Waals surface area contributed by atoms with Gasteiger partial charge in [-0.25, -0.2) is 19.9 Å². The predicted octanol–water partition coefficient (Wildman–Crippen LogP) is 18.5. The summed E-state index contributed by atoms with van der Waals surface area (Å²) in [5.41, 5.74) is 6.30. The molecular formula is C100H74Cl6Dy2N4O12. The van der Waals surface area contributed by atoms with Crippen molar-refractivity contribution >= 4 is 139 Å². The minimum absolute atomic E-state index is 0. The van der Waals surface area contributed by atoms with Crippen LogP contribution < -0.4 is 30.6 Å². The number of ketones is 6. The van der Waals surface area contributed by atoms with Crippen LogP contribution in [0.25, 0.3) is 46.2 Å². The Labute approximate surface area is 810 Å². The molecule has 2 heterocycles. The second kappa shape index (κ2) is 61.6. The number of carbonyl (C=O) groups is 6. The molecule has 2 radical (unpaired) electrons. The number of allylic oxidation sites excluding steroid dienone is 6. The van der Waals surface area contributed by atoms with Crippen LogP contribution in [0.3, 0.4) is 0 Å². The molecule has 124 heavy (non-hydrogen) atoms. The van der Waals surface area contributed by atoms with E-state index in [1.54, 1.807) is 328 Å². The Morgan fingerprint density at radius 1 is 0.185 bits per heavy atom. The van der Waals surface area contributed by atoms with Crippen molar-refractivity contribution in [2.75, 3.05) is 0 Å². The number of benzene rings is 12. The SMILES string of the molecule is ClC(Cl)Cl.ClC(Cl)Cl.O=C(/C=C(\[O-])c1ccccc1)c1ccccc1.O=C(/C=C(\[O-])c1ccccc1)c1ccccc1.O=C(/C=C(\[O-])c1ccccc1)c1ccccc1.O=C(/C=C(\[O-])c1ccccc1)c1ccccc1.O=C(/C=C(\[O-])c1ccccc1)c1ccccc1.O=C(/C=C(\[O-])c1ccccc1)c1ccccc1.[Dy+3].[Dy+3].c1cnc(-c2ncccn2)nc1. The number of carbonyl (C=O) groups excluding carboxylic acids is 6. The van der Waals surface area contributed by atoms with E-state index in [4.69, 9.17) is 69.6 Å². The number of hydrogen-bond donors (Lipinski definition) is 0. The number of aromatic nitrogens is 4. The Kier molecular flexibility index (Phi) is 52.0. The molecule has 24 heteroatoms. The van der Waals surface area contributed by atoms with E-state index in [2.05, 4.69) is 19.9 Å². The summed E-state index contributed by atoms with van der Waals surface area (Å²) in [6.45, 7) is 0. The maximum Gasteiger partial charge on any atom is 3.00 e. The zero-order valence-electron chi connectivity index (χ0n) is 65.3. The summed E-state index contributed by atoms with van der Waals surface area (Å²) in [5, 5.41) is 70.5. The van der Waals surface area contributed by atoms with E-state index in [1.807, 2.05) is 72.8 Å².